The first-order valence-corrected chi connectivity index (χ1v) is 3.56. The van der Waals surface area contributed by atoms with Crippen LogP contribution < -0.4 is 0 Å². The quantitative estimate of drug-likeness (QED) is 0.484. The molecule has 0 aliphatic carbocycles. The highest BCUT2D eigenvalue weighted by molar-refractivity contribution is 7.10. The smallest absolute Gasteiger partial charge is 0.203 e. The molecule has 0 aliphatic heterocycles. The van der Waals surface area contributed by atoms with Crippen molar-refractivity contribution in [1.82, 2.24) is 0 Å². The molecule has 0 radical (unpaired) electrons. The summed E-state index contributed by atoms with van der Waals surface area (Å²) in [4.78, 5) is 4.52. The minimum absolute atomic E-state index is 0.833. The highest BCUT2D eigenvalue weighted by Crippen LogP contribution is 2.28. The van der Waals surface area contributed by atoms with E-state index in [4.69, 9.17) is 6.57 Å². The Kier molecular flexibility index (Phi) is 1.54. The van der Waals surface area contributed by atoms with Gasteiger partial charge in [-0.3, -0.25) is 0 Å². The zero-order valence-electron chi connectivity index (χ0n) is 5.43. The highest BCUT2D eigenvalue weighted by Gasteiger charge is 2.01. The topological polar surface area (TPSA) is 4.36 Å². The Morgan fingerprint density at radius 1 is 1.56 bits per heavy atom. The minimum atomic E-state index is 0.833. The molecular weight excluding hydrogens is 130 g/mol. The summed E-state index contributed by atoms with van der Waals surface area (Å²) < 4.78 is 0. The zero-order chi connectivity index (χ0) is 6.85. The fourth-order valence-electron chi connectivity index (χ4n) is 0.733. The van der Waals surface area contributed by atoms with Crippen molar-refractivity contribution in [3.63, 3.8) is 0 Å². The minimum Gasteiger partial charge on any atom is -0.237 e. The van der Waals surface area contributed by atoms with Gasteiger partial charge in [0.25, 0.3) is 0 Å². The Morgan fingerprint density at radius 3 is 2.44 bits per heavy atom. The van der Waals surface area contributed by atoms with Gasteiger partial charge in [-0.1, -0.05) is 0 Å². The van der Waals surface area contributed by atoms with Gasteiger partial charge in [0.1, 0.15) is 0 Å². The first-order chi connectivity index (χ1) is 4.25. The summed E-state index contributed by atoms with van der Waals surface area (Å²) in [6.45, 7) is 10.7. The molecule has 2 heteroatoms. The second-order valence-corrected chi connectivity index (χ2v) is 3.02. The van der Waals surface area contributed by atoms with Gasteiger partial charge in [0.2, 0.25) is 5.69 Å². The lowest BCUT2D eigenvalue weighted by Crippen LogP contribution is -1.60. The van der Waals surface area contributed by atoms with E-state index in [2.05, 4.69) is 4.85 Å². The van der Waals surface area contributed by atoms with E-state index in [9.17, 15) is 0 Å². The van der Waals surface area contributed by atoms with Crippen molar-refractivity contribution in [1.29, 1.82) is 0 Å². The SMILES string of the molecule is [C-]#[N+]c1c(C)csc1C. The molecule has 0 bridgehead atoms. The van der Waals surface area contributed by atoms with Gasteiger partial charge in [-0.25, -0.2) is 4.85 Å². The van der Waals surface area contributed by atoms with E-state index >= 15 is 0 Å². The molecule has 0 fully saturated rings. The van der Waals surface area contributed by atoms with Gasteiger partial charge in [-0.15, -0.1) is 0 Å². The number of hydrogen-bond acceptors (Lipinski definition) is 1. The van der Waals surface area contributed by atoms with E-state index in [0.29, 0.717) is 0 Å². The lowest BCUT2D eigenvalue weighted by Gasteiger charge is -1.83. The molecule has 46 valence electrons. The third-order valence-corrected chi connectivity index (χ3v) is 2.25. The molecule has 9 heavy (non-hydrogen) atoms. The van der Waals surface area contributed by atoms with Crippen molar-refractivity contribution in [2.75, 3.05) is 0 Å². The van der Waals surface area contributed by atoms with Crippen molar-refractivity contribution in [2.45, 2.75) is 13.8 Å². The lowest BCUT2D eigenvalue weighted by molar-refractivity contribution is 1.53. The number of aryl methyl sites for hydroxylation is 2. The third-order valence-electron chi connectivity index (χ3n) is 1.23. The Labute approximate surface area is 58.8 Å². The van der Waals surface area contributed by atoms with E-state index < -0.39 is 0 Å². The first-order valence-electron chi connectivity index (χ1n) is 2.68. The molecule has 0 amide bonds. The Hall–Kier alpha value is -0.810. The maximum absolute atomic E-state index is 6.77. The average Bonchev–Trinajstić information content (AvgIpc) is 2.12. The van der Waals surface area contributed by atoms with Crippen LogP contribution in [0.4, 0.5) is 5.69 Å². The van der Waals surface area contributed by atoms with Gasteiger partial charge in [-0.2, -0.15) is 11.3 Å². The molecule has 1 aromatic heterocycles. The molecule has 0 unspecified atom stereocenters. The molecule has 0 aromatic carbocycles. The van der Waals surface area contributed by atoms with Crippen LogP contribution in [0.3, 0.4) is 0 Å². The summed E-state index contributed by atoms with van der Waals surface area (Å²) in [6, 6.07) is 0. The van der Waals surface area contributed by atoms with Crippen LogP contribution in [-0.4, -0.2) is 0 Å². The molecule has 0 saturated carbocycles. The van der Waals surface area contributed by atoms with Crippen molar-refractivity contribution in [3.8, 4) is 0 Å². The molecular formula is C7H7NS. The summed E-state index contributed by atoms with van der Waals surface area (Å²) in [6.07, 6.45) is 0. The van der Waals surface area contributed by atoms with E-state index in [1.807, 2.05) is 19.2 Å². The fourth-order valence-corrected chi connectivity index (χ4v) is 1.52. The van der Waals surface area contributed by atoms with Crippen molar-refractivity contribution in [3.05, 3.63) is 27.2 Å². The number of nitrogens with zero attached hydrogens (tertiary/aromatic N) is 1. The fraction of sp³-hybridized carbons (Fsp3) is 0.286. The van der Waals surface area contributed by atoms with Crippen molar-refractivity contribution < 1.29 is 0 Å². The van der Waals surface area contributed by atoms with Crippen LogP contribution in [0.1, 0.15) is 10.4 Å². The standard InChI is InChI=1S/C7H7NS/c1-5-4-9-6(2)7(5)8-3/h4H,1-2H3. The van der Waals surface area contributed by atoms with Crippen LogP contribution in [-0.2, 0) is 0 Å². The molecule has 0 spiro atoms. The van der Waals surface area contributed by atoms with Gasteiger partial charge in [0, 0.05) is 4.88 Å². The van der Waals surface area contributed by atoms with Crippen LogP contribution in [0.2, 0.25) is 0 Å². The summed E-state index contributed by atoms with van der Waals surface area (Å²) >= 11 is 1.64. The largest absolute Gasteiger partial charge is 0.237 e. The summed E-state index contributed by atoms with van der Waals surface area (Å²) in [7, 11) is 0. The Bertz CT molecular complexity index is 235. The van der Waals surface area contributed by atoms with E-state index in [0.717, 1.165) is 16.1 Å². The second kappa shape index (κ2) is 2.20. The number of hydrogen-bond donors (Lipinski definition) is 0. The Morgan fingerprint density at radius 2 is 2.22 bits per heavy atom. The molecule has 1 nitrogen and oxygen atoms in total. The maximum Gasteiger partial charge on any atom is 0.203 e. The Balaban J connectivity index is 3.27. The van der Waals surface area contributed by atoms with Crippen LogP contribution in [0.15, 0.2) is 5.38 Å². The maximum atomic E-state index is 6.77. The predicted molar refractivity (Wildman–Crippen MR) is 40.1 cm³/mol. The third kappa shape index (κ3) is 0.962. The zero-order valence-corrected chi connectivity index (χ0v) is 6.25. The van der Waals surface area contributed by atoms with Crippen LogP contribution in [0.25, 0.3) is 4.85 Å². The highest BCUT2D eigenvalue weighted by atomic mass is 32.1. The molecule has 1 aromatic rings. The van der Waals surface area contributed by atoms with Gasteiger partial charge in [0.05, 0.1) is 6.57 Å². The van der Waals surface area contributed by atoms with Crippen LogP contribution in [0.5, 0.6) is 0 Å². The molecule has 0 aliphatic rings. The van der Waals surface area contributed by atoms with Crippen molar-refractivity contribution >= 4 is 17.0 Å². The lowest BCUT2D eigenvalue weighted by atomic mass is 10.3. The first kappa shape index (κ1) is 6.31. The van der Waals surface area contributed by atoms with Gasteiger partial charge >= 0.3 is 0 Å². The van der Waals surface area contributed by atoms with E-state index in [-0.39, 0.29) is 0 Å². The van der Waals surface area contributed by atoms with Crippen LogP contribution in [0, 0.1) is 20.4 Å². The van der Waals surface area contributed by atoms with Gasteiger partial charge in [-0.05, 0) is 24.8 Å². The average molecular weight is 137 g/mol. The number of thiophene rings is 1. The second-order valence-electron chi connectivity index (χ2n) is 1.94. The van der Waals surface area contributed by atoms with E-state index in [1.165, 1.54) is 0 Å². The molecule has 0 saturated heterocycles. The molecule has 0 N–H and O–H groups in total. The van der Waals surface area contributed by atoms with Crippen LogP contribution >= 0.6 is 11.3 Å². The van der Waals surface area contributed by atoms with Gasteiger partial charge < -0.3 is 0 Å². The predicted octanol–water partition coefficient (Wildman–Crippen LogP) is 2.92. The molecule has 1 rings (SSSR count). The monoisotopic (exact) mass is 137 g/mol. The van der Waals surface area contributed by atoms with Crippen molar-refractivity contribution in [2.24, 2.45) is 0 Å². The molecule has 0 atom stereocenters. The van der Waals surface area contributed by atoms with Gasteiger partial charge in [0.15, 0.2) is 0 Å². The summed E-state index contributed by atoms with van der Waals surface area (Å²) in [5, 5.41) is 2.02. The van der Waals surface area contributed by atoms with E-state index in [1.54, 1.807) is 11.3 Å². The summed E-state index contributed by atoms with van der Waals surface area (Å²) in [5.41, 5.74) is 1.94. The molecule has 1 heterocycles. The summed E-state index contributed by atoms with van der Waals surface area (Å²) in [5.74, 6) is 0. The normalized spacial score (nSPS) is 9.00. The number of rotatable bonds is 0.